The van der Waals surface area contributed by atoms with Gasteiger partial charge in [-0.3, -0.25) is 0 Å². The van der Waals surface area contributed by atoms with E-state index in [2.05, 4.69) is 37.3 Å². The third-order valence-corrected chi connectivity index (χ3v) is 3.43. The lowest BCUT2D eigenvalue weighted by Gasteiger charge is -2.14. The van der Waals surface area contributed by atoms with Gasteiger partial charge < -0.3 is 5.73 Å². The normalized spacial score (nSPS) is 14.1. The summed E-state index contributed by atoms with van der Waals surface area (Å²) in [5, 5.41) is 8.76. The molecule has 1 aromatic rings. The van der Waals surface area contributed by atoms with Crippen LogP contribution < -0.4 is 5.73 Å². The molecule has 1 rings (SSSR count). The van der Waals surface area contributed by atoms with Crippen LogP contribution in [-0.4, -0.2) is 11.3 Å². The Labute approximate surface area is 102 Å². The zero-order chi connectivity index (χ0) is 12.0. The van der Waals surface area contributed by atoms with Crippen LogP contribution in [0.4, 0.5) is 0 Å². The van der Waals surface area contributed by atoms with Gasteiger partial charge in [0.1, 0.15) is 5.54 Å². The first-order valence-corrected chi connectivity index (χ1v) is 6.42. The van der Waals surface area contributed by atoms with Crippen molar-refractivity contribution in [2.45, 2.75) is 37.1 Å². The van der Waals surface area contributed by atoms with E-state index in [4.69, 9.17) is 11.0 Å². The highest BCUT2D eigenvalue weighted by Gasteiger charge is 2.15. The van der Waals surface area contributed by atoms with Gasteiger partial charge in [-0.15, -0.1) is 11.8 Å². The summed E-state index contributed by atoms with van der Waals surface area (Å²) in [6.07, 6.45) is 1.72. The predicted molar refractivity (Wildman–Crippen MR) is 69.3 cm³/mol. The molecule has 0 bridgehead atoms. The van der Waals surface area contributed by atoms with Gasteiger partial charge in [0.25, 0.3) is 0 Å². The topological polar surface area (TPSA) is 49.8 Å². The molecular formula is C13H18N2S. The number of hydrogen-bond acceptors (Lipinski definition) is 3. The quantitative estimate of drug-likeness (QED) is 0.629. The molecule has 0 aliphatic rings. The molecule has 0 saturated heterocycles. The Morgan fingerprint density at radius 1 is 1.50 bits per heavy atom. The van der Waals surface area contributed by atoms with Gasteiger partial charge >= 0.3 is 0 Å². The van der Waals surface area contributed by atoms with Crippen molar-refractivity contribution in [1.82, 2.24) is 0 Å². The van der Waals surface area contributed by atoms with Crippen molar-refractivity contribution in [1.29, 1.82) is 5.26 Å². The number of aryl methyl sites for hydroxylation is 1. The van der Waals surface area contributed by atoms with Gasteiger partial charge in [-0.25, -0.2) is 0 Å². The van der Waals surface area contributed by atoms with E-state index in [1.54, 1.807) is 6.92 Å². The van der Waals surface area contributed by atoms with Crippen molar-refractivity contribution in [3.05, 3.63) is 29.8 Å². The van der Waals surface area contributed by atoms with E-state index in [1.807, 2.05) is 11.8 Å². The standard InChI is InChI=1S/C13H18N2S/c1-11-5-3-6-12(9-11)16-8-4-7-13(2,15)10-14/h3,5-6,9H,4,7-8,15H2,1-2H3. The minimum Gasteiger partial charge on any atom is -0.314 e. The molecule has 0 aliphatic carbocycles. The first-order valence-electron chi connectivity index (χ1n) is 5.43. The summed E-state index contributed by atoms with van der Waals surface area (Å²) in [7, 11) is 0. The van der Waals surface area contributed by atoms with Crippen LogP contribution in [0.1, 0.15) is 25.3 Å². The van der Waals surface area contributed by atoms with Gasteiger partial charge in [0.15, 0.2) is 0 Å². The number of nitrogens with two attached hydrogens (primary N) is 1. The molecule has 16 heavy (non-hydrogen) atoms. The van der Waals surface area contributed by atoms with Crippen LogP contribution in [0.25, 0.3) is 0 Å². The first kappa shape index (κ1) is 13.1. The molecule has 3 heteroatoms. The van der Waals surface area contributed by atoms with Crippen molar-refractivity contribution in [3.8, 4) is 6.07 Å². The third kappa shape index (κ3) is 4.69. The average molecular weight is 234 g/mol. The molecule has 2 nitrogen and oxygen atoms in total. The van der Waals surface area contributed by atoms with Crippen molar-refractivity contribution in [3.63, 3.8) is 0 Å². The zero-order valence-corrected chi connectivity index (χ0v) is 10.7. The van der Waals surface area contributed by atoms with Crippen LogP contribution in [-0.2, 0) is 0 Å². The molecule has 2 N–H and O–H groups in total. The Morgan fingerprint density at radius 3 is 2.88 bits per heavy atom. The van der Waals surface area contributed by atoms with E-state index in [-0.39, 0.29) is 0 Å². The summed E-state index contributed by atoms with van der Waals surface area (Å²) >= 11 is 1.82. The van der Waals surface area contributed by atoms with E-state index in [0.717, 1.165) is 18.6 Å². The fraction of sp³-hybridized carbons (Fsp3) is 0.462. The molecule has 0 amide bonds. The Morgan fingerprint density at radius 2 is 2.25 bits per heavy atom. The van der Waals surface area contributed by atoms with Crippen molar-refractivity contribution in [2.75, 3.05) is 5.75 Å². The molecular weight excluding hydrogens is 216 g/mol. The lowest BCUT2D eigenvalue weighted by Crippen LogP contribution is -2.33. The van der Waals surface area contributed by atoms with Crippen LogP contribution >= 0.6 is 11.8 Å². The van der Waals surface area contributed by atoms with Crippen LogP contribution in [0.3, 0.4) is 0 Å². The lowest BCUT2D eigenvalue weighted by atomic mass is 10.0. The first-order chi connectivity index (χ1) is 7.53. The second kappa shape index (κ2) is 5.93. The summed E-state index contributed by atoms with van der Waals surface area (Å²) in [6.45, 7) is 3.88. The highest BCUT2D eigenvalue weighted by atomic mass is 32.2. The maximum atomic E-state index is 8.76. The van der Waals surface area contributed by atoms with Crippen LogP contribution in [0.15, 0.2) is 29.2 Å². The molecule has 1 atom stereocenters. The zero-order valence-electron chi connectivity index (χ0n) is 9.86. The SMILES string of the molecule is Cc1cccc(SCCCC(C)(N)C#N)c1. The summed E-state index contributed by atoms with van der Waals surface area (Å²) in [6, 6.07) is 10.6. The monoisotopic (exact) mass is 234 g/mol. The number of rotatable bonds is 5. The molecule has 0 radical (unpaired) electrons. The smallest absolute Gasteiger partial charge is 0.101 e. The van der Waals surface area contributed by atoms with Crippen molar-refractivity contribution < 1.29 is 0 Å². The highest BCUT2D eigenvalue weighted by Crippen LogP contribution is 2.21. The number of hydrogen-bond donors (Lipinski definition) is 1. The van der Waals surface area contributed by atoms with Gasteiger partial charge in [-0.1, -0.05) is 17.7 Å². The van der Waals surface area contributed by atoms with E-state index >= 15 is 0 Å². The van der Waals surface area contributed by atoms with E-state index in [0.29, 0.717) is 0 Å². The van der Waals surface area contributed by atoms with Gasteiger partial charge in [0.05, 0.1) is 6.07 Å². The predicted octanol–water partition coefficient (Wildman–Crippen LogP) is 3.11. The van der Waals surface area contributed by atoms with Crippen LogP contribution in [0.2, 0.25) is 0 Å². The maximum Gasteiger partial charge on any atom is 0.101 e. The van der Waals surface area contributed by atoms with Gasteiger partial charge in [0, 0.05) is 4.90 Å². The maximum absolute atomic E-state index is 8.76. The van der Waals surface area contributed by atoms with Gasteiger partial charge in [-0.05, 0) is 44.6 Å². The number of nitrogens with zero attached hydrogens (tertiary/aromatic N) is 1. The van der Waals surface area contributed by atoms with Crippen molar-refractivity contribution in [2.24, 2.45) is 5.73 Å². The van der Waals surface area contributed by atoms with E-state index in [9.17, 15) is 0 Å². The second-order valence-corrected chi connectivity index (χ2v) is 5.47. The molecule has 1 aromatic carbocycles. The minimum atomic E-state index is -0.673. The summed E-state index contributed by atoms with van der Waals surface area (Å²) in [5.41, 5.74) is 6.36. The Bertz CT molecular complexity index is 380. The van der Waals surface area contributed by atoms with Crippen LogP contribution in [0, 0.1) is 18.3 Å². The molecule has 0 fully saturated rings. The molecule has 0 saturated carbocycles. The van der Waals surface area contributed by atoms with Gasteiger partial charge in [-0.2, -0.15) is 5.26 Å². The number of benzene rings is 1. The average Bonchev–Trinajstić information content (AvgIpc) is 2.25. The summed E-state index contributed by atoms with van der Waals surface area (Å²) in [5.74, 6) is 1.01. The van der Waals surface area contributed by atoms with E-state index in [1.165, 1.54) is 10.5 Å². The molecule has 0 aliphatic heterocycles. The lowest BCUT2D eigenvalue weighted by molar-refractivity contribution is 0.540. The highest BCUT2D eigenvalue weighted by molar-refractivity contribution is 7.99. The Balaban J connectivity index is 2.29. The molecule has 86 valence electrons. The third-order valence-electron chi connectivity index (χ3n) is 2.35. The summed E-state index contributed by atoms with van der Waals surface area (Å²) < 4.78 is 0. The number of thioether (sulfide) groups is 1. The fourth-order valence-electron chi connectivity index (χ4n) is 1.39. The fourth-order valence-corrected chi connectivity index (χ4v) is 2.36. The molecule has 1 unspecified atom stereocenters. The minimum absolute atomic E-state index is 0.673. The van der Waals surface area contributed by atoms with Gasteiger partial charge in [0.2, 0.25) is 0 Å². The Kier molecular flexibility index (Phi) is 4.85. The second-order valence-electron chi connectivity index (χ2n) is 4.30. The van der Waals surface area contributed by atoms with Crippen LogP contribution in [0.5, 0.6) is 0 Å². The molecule has 0 heterocycles. The molecule has 0 aromatic heterocycles. The van der Waals surface area contributed by atoms with Crippen molar-refractivity contribution >= 4 is 11.8 Å². The summed E-state index contributed by atoms with van der Waals surface area (Å²) in [4.78, 5) is 1.29. The van der Waals surface area contributed by atoms with E-state index < -0.39 is 5.54 Å². The largest absolute Gasteiger partial charge is 0.314 e. The Hall–Kier alpha value is -0.980. The molecule has 0 spiro atoms. The number of nitriles is 1.